The highest BCUT2D eigenvalue weighted by molar-refractivity contribution is 5.78. The van der Waals surface area contributed by atoms with Crippen molar-refractivity contribution >= 4 is 5.91 Å². The van der Waals surface area contributed by atoms with E-state index in [4.69, 9.17) is 4.74 Å². The van der Waals surface area contributed by atoms with Crippen molar-refractivity contribution in [1.29, 1.82) is 0 Å². The summed E-state index contributed by atoms with van der Waals surface area (Å²) in [4.78, 5) is 18.2. The van der Waals surface area contributed by atoms with Gasteiger partial charge in [0.15, 0.2) is 0 Å². The Morgan fingerprint density at radius 2 is 2.19 bits per heavy atom. The van der Waals surface area contributed by atoms with E-state index in [0.717, 1.165) is 51.2 Å². The van der Waals surface area contributed by atoms with Crippen LogP contribution in [0.15, 0.2) is 43.0 Å². The van der Waals surface area contributed by atoms with E-state index in [0.29, 0.717) is 6.61 Å². The van der Waals surface area contributed by atoms with Crippen molar-refractivity contribution < 1.29 is 9.53 Å². The maximum atomic E-state index is 11.9. The van der Waals surface area contributed by atoms with Crippen LogP contribution >= 0.6 is 0 Å². The van der Waals surface area contributed by atoms with Gasteiger partial charge in [0.05, 0.1) is 18.9 Å². The van der Waals surface area contributed by atoms with E-state index >= 15 is 0 Å². The van der Waals surface area contributed by atoms with E-state index in [-0.39, 0.29) is 11.8 Å². The number of hydrogen-bond acceptors (Lipinski definition) is 4. The molecule has 0 radical (unpaired) electrons. The van der Waals surface area contributed by atoms with Crippen LogP contribution in [0.3, 0.4) is 0 Å². The molecule has 1 aliphatic rings. The Hall–Kier alpha value is -2.34. The first-order valence-electron chi connectivity index (χ1n) is 9.36. The summed E-state index contributed by atoms with van der Waals surface area (Å²) in [5.74, 6) is 1.18. The second-order valence-electron chi connectivity index (χ2n) is 6.83. The molecule has 0 bridgehead atoms. The number of amides is 1. The minimum Gasteiger partial charge on any atom is -0.494 e. The Kier molecular flexibility index (Phi) is 6.66. The van der Waals surface area contributed by atoms with Crippen LogP contribution in [0.2, 0.25) is 0 Å². The number of imidazole rings is 1. The molecule has 1 aromatic heterocycles. The predicted octanol–water partition coefficient (Wildman–Crippen LogP) is 2.31. The maximum absolute atomic E-state index is 11.9. The molecule has 1 saturated heterocycles. The Balaban J connectivity index is 1.41. The number of aromatic nitrogens is 2. The molecule has 6 heteroatoms. The molecule has 0 spiro atoms. The number of rotatable bonds is 8. The molecule has 1 amide bonds. The Bertz CT molecular complexity index is 670. The molecule has 0 aliphatic carbocycles. The fourth-order valence-corrected chi connectivity index (χ4v) is 3.42. The van der Waals surface area contributed by atoms with E-state index in [1.165, 1.54) is 5.56 Å². The monoisotopic (exact) mass is 356 g/mol. The topological polar surface area (TPSA) is 59.4 Å². The number of nitrogens with one attached hydrogen (secondary N) is 1. The first-order chi connectivity index (χ1) is 12.7. The van der Waals surface area contributed by atoms with Crippen LogP contribution in [-0.4, -0.2) is 47.1 Å². The van der Waals surface area contributed by atoms with Crippen molar-refractivity contribution in [1.82, 2.24) is 19.8 Å². The van der Waals surface area contributed by atoms with Gasteiger partial charge in [0.25, 0.3) is 0 Å². The minimum absolute atomic E-state index is 0.117. The first kappa shape index (κ1) is 18.5. The molecule has 140 valence electrons. The number of carbonyl (C=O) groups is 1. The molecule has 2 aromatic rings. The fraction of sp³-hybridized carbons (Fsp3) is 0.500. The summed E-state index contributed by atoms with van der Waals surface area (Å²) in [5.41, 5.74) is 1.26. The number of likely N-dealkylation sites (tertiary alicyclic amines) is 1. The summed E-state index contributed by atoms with van der Waals surface area (Å²) in [5, 5.41) is 2.77. The number of aryl methyl sites for hydroxylation is 1. The summed E-state index contributed by atoms with van der Waals surface area (Å²) in [7, 11) is 1.72. The molecule has 0 unspecified atom stereocenters. The SMILES string of the molecule is CNC(=O)[C@@H]1CCCN(Cc2ccc(OCCCn3ccnc3)cc2)C1. The van der Waals surface area contributed by atoms with Gasteiger partial charge in [-0.15, -0.1) is 0 Å². The van der Waals surface area contributed by atoms with Gasteiger partial charge >= 0.3 is 0 Å². The Morgan fingerprint density at radius 1 is 1.35 bits per heavy atom. The molecule has 1 N–H and O–H groups in total. The zero-order chi connectivity index (χ0) is 18.2. The van der Waals surface area contributed by atoms with Crippen LogP contribution in [0, 0.1) is 5.92 Å². The molecule has 1 fully saturated rings. The minimum atomic E-state index is 0.117. The third-order valence-corrected chi connectivity index (χ3v) is 4.84. The van der Waals surface area contributed by atoms with Gasteiger partial charge in [0.2, 0.25) is 5.91 Å². The number of hydrogen-bond donors (Lipinski definition) is 1. The van der Waals surface area contributed by atoms with E-state index in [1.807, 2.05) is 24.7 Å². The van der Waals surface area contributed by atoms with Crippen molar-refractivity contribution in [2.24, 2.45) is 5.92 Å². The average Bonchev–Trinajstić information content (AvgIpc) is 3.19. The van der Waals surface area contributed by atoms with Gasteiger partial charge in [-0.05, 0) is 43.5 Å². The van der Waals surface area contributed by atoms with Gasteiger partial charge in [0, 0.05) is 39.1 Å². The largest absolute Gasteiger partial charge is 0.494 e. The van der Waals surface area contributed by atoms with Crippen molar-refractivity contribution in [3.05, 3.63) is 48.5 Å². The predicted molar refractivity (Wildman–Crippen MR) is 101 cm³/mol. The summed E-state index contributed by atoms with van der Waals surface area (Å²) >= 11 is 0. The van der Waals surface area contributed by atoms with Crippen molar-refractivity contribution in [2.75, 3.05) is 26.7 Å². The number of nitrogens with zero attached hydrogens (tertiary/aromatic N) is 3. The third kappa shape index (κ3) is 5.33. The summed E-state index contributed by atoms with van der Waals surface area (Å²) in [6, 6.07) is 8.31. The summed E-state index contributed by atoms with van der Waals surface area (Å²) in [6.45, 7) is 4.39. The Labute approximate surface area is 155 Å². The smallest absolute Gasteiger partial charge is 0.224 e. The molecule has 26 heavy (non-hydrogen) atoms. The summed E-state index contributed by atoms with van der Waals surface area (Å²) < 4.78 is 7.86. The number of carbonyl (C=O) groups excluding carboxylic acids is 1. The lowest BCUT2D eigenvalue weighted by atomic mass is 9.97. The normalized spacial score (nSPS) is 17.8. The van der Waals surface area contributed by atoms with Crippen LogP contribution in [-0.2, 0) is 17.9 Å². The van der Waals surface area contributed by atoms with Crippen LogP contribution in [0.25, 0.3) is 0 Å². The number of ether oxygens (including phenoxy) is 1. The fourth-order valence-electron chi connectivity index (χ4n) is 3.42. The van der Waals surface area contributed by atoms with Gasteiger partial charge in [0.1, 0.15) is 5.75 Å². The van der Waals surface area contributed by atoms with E-state index in [9.17, 15) is 4.79 Å². The van der Waals surface area contributed by atoms with Crippen LogP contribution in [0.4, 0.5) is 0 Å². The first-order valence-corrected chi connectivity index (χ1v) is 9.36. The standard InChI is InChI=1S/C20H28N4O2/c1-21-20(25)18-4-2-10-24(15-18)14-17-5-7-19(8-6-17)26-13-3-11-23-12-9-22-16-23/h5-9,12,16,18H,2-4,10-11,13-15H2,1H3,(H,21,25)/t18-/m1/s1. The van der Waals surface area contributed by atoms with Gasteiger partial charge in [-0.3, -0.25) is 9.69 Å². The van der Waals surface area contributed by atoms with Gasteiger partial charge < -0.3 is 14.6 Å². The lowest BCUT2D eigenvalue weighted by Gasteiger charge is -2.31. The molecule has 1 atom stereocenters. The molecular weight excluding hydrogens is 328 g/mol. The van der Waals surface area contributed by atoms with Gasteiger partial charge in [-0.2, -0.15) is 0 Å². The van der Waals surface area contributed by atoms with Crippen molar-refractivity contribution in [2.45, 2.75) is 32.4 Å². The molecule has 3 rings (SSSR count). The van der Waals surface area contributed by atoms with Crippen molar-refractivity contribution in [3.63, 3.8) is 0 Å². The second-order valence-corrected chi connectivity index (χ2v) is 6.83. The zero-order valence-corrected chi connectivity index (χ0v) is 15.4. The molecule has 6 nitrogen and oxygen atoms in total. The highest BCUT2D eigenvalue weighted by Crippen LogP contribution is 2.20. The second kappa shape index (κ2) is 9.38. The van der Waals surface area contributed by atoms with E-state index in [1.54, 1.807) is 13.2 Å². The number of piperidine rings is 1. The van der Waals surface area contributed by atoms with Crippen LogP contribution < -0.4 is 10.1 Å². The van der Waals surface area contributed by atoms with E-state index in [2.05, 4.69) is 31.9 Å². The highest BCUT2D eigenvalue weighted by Gasteiger charge is 2.24. The van der Waals surface area contributed by atoms with E-state index < -0.39 is 0 Å². The highest BCUT2D eigenvalue weighted by atomic mass is 16.5. The third-order valence-electron chi connectivity index (χ3n) is 4.84. The quantitative estimate of drug-likeness (QED) is 0.738. The van der Waals surface area contributed by atoms with Crippen LogP contribution in [0.1, 0.15) is 24.8 Å². The molecule has 0 saturated carbocycles. The lowest BCUT2D eigenvalue weighted by molar-refractivity contribution is -0.126. The molecule has 2 heterocycles. The molecular formula is C20H28N4O2. The lowest BCUT2D eigenvalue weighted by Crippen LogP contribution is -2.41. The summed E-state index contributed by atoms with van der Waals surface area (Å²) in [6.07, 6.45) is 8.60. The Morgan fingerprint density at radius 3 is 2.92 bits per heavy atom. The zero-order valence-electron chi connectivity index (χ0n) is 15.4. The maximum Gasteiger partial charge on any atom is 0.224 e. The number of benzene rings is 1. The molecule has 1 aromatic carbocycles. The average molecular weight is 356 g/mol. The van der Waals surface area contributed by atoms with Gasteiger partial charge in [-0.25, -0.2) is 4.98 Å². The van der Waals surface area contributed by atoms with Crippen LogP contribution in [0.5, 0.6) is 5.75 Å². The van der Waals surface area contributed by atoms with Gasteiger partial charge in [-0.1, -0.05) is 12.1 Å². The molecule has 1 aliphatic heterocycles. The van der Waals surface area contributed by atoms with Crippen molar-refractivity contribution in [3.8, 4) is 5.75 Å².